The van der Waals surface area contributed by atoms with Crippen molar-refractivity contribution in [3.05, 3.63) is 116 Å². The number of nitrogens with zero attached hydrogens (tertiary/aromatic N) is 1. The van der Waals surface area contributed by atoms with E-state index in [1.807, 2.05) is 50.2 Å². The molecule has 1 amide bonds. The summed E-state index contributed by atoms with van der Waals surface area (Å²) in [5.41, 5.74) is 5.20. The lowest BCUT2D eigenvalue weighted by Gasteiger charge is -2.25. The lowest BCUT2D eigenvalue weighted by molar-refractivity contribution is 0.0714. The topological polar surface area (TPSA) is 50.5 Å². The number of fused-ring (bicyclic) bond motifs is 2. The summed E-state index contributed by atoms with van der Waals surface area (Å²) in [6.45, 7) is 6.13. The molecule has 4 nitrogen and oxygen atoms in total. The molecule has 0 saturated heterocycles. The number of aryl methyl sites for hydroxylation is 3. The van der Waals surface area contributed by atoms with Crippen molar-refractivity contribution in [1.82, 2.24) is 4.90 Å². The smallest absolute Gasteiger partial charge is 0.291 e. The minimum absolute atomic E-state index is 0.0890. The SMILES string of the molecule is CCc1ccc(C2c3c(oc4c(C)cc(C)cc4c3=O)C(=O)N2Cc2ccc(F)cc2)cc1. The van der Waals surface area contributed by atoms with E-state index in [4.69, 9.17) is 4.42 Å². The molecule has 1 unspecified atom stereocenters. The largest absolute Gasteiger partial charge is 0.450 e. The highest BCUT2D eigenvalue weighted by Crippen LogP contribution is 2.39. The van der Waals surface area contributed by atoms with Gasteiger partial charge in [-0.3, -0.25) is 9.59 Å². The second kappa shape index (κ2) is 8.00. The molecule has 0 aliphatic carbocycles. The Morgan fingerprint density at radius 2 is 1.61 bits per heavy atom. The zero-order valence-corrected chi connectivity index (χ0v) is 18.8. The van der Waals surface area contributed by atoms with Crippen LogP contribution in [0.5, 0.6) is 0 Å². The zero-order chi connectivity index (χ0) is 23.3. The van der Waals surface area contributed by atoms with Gasteiger partial charge in [0.1, 0.15) is 11.4 Å². The lowest BCUT2D eigenvalue weighted by Crippen LogP contribution is -2.29. The molecule has 0 fully saturated rings. The molecule has 0 N–H and O–H groups in total. The Kier molecular flexibility index (Phi) is 5.12. The van der Waals surface area contributed by atoms with E-state index in [9.17, 15) is 14.0 Å². The fourth-order valence-electron chi connectivity index (χ4n) is 4.71. The second-order valence-electron chi connectivity index (χ2n) is 8.69. The molecular weight excluding hydrogens is 417 g/mol. The summed E-state index contributed by atoms with van der Waals surface area (Å²) in [5, 5.41) is 0.484. The first-order valence-electron chi connectivity index (χ1n) is 11.1. The van der Waals surface area contributed by atoms with Crippen LogP contribution in [0.4, 0.5) is 4.39 Å². The average Bonchev–Trinajstić information content (AvgIpc) is 3.08. The van der Waals surface area contributed by atoms with Crippen LogP contribution in [-0.4, -0.2) is 10.8 Å². The first-order valence-corrected chi connectivity index (χ1v) is 11.1. The summed E-state index contributed by atoms with van der Waals surface area (Å²) < 4.78 is 19.6. The van der Waals surface area contributed by atoms with Gasteiger partial charge in [-0.05, 0) is 66.3 Å². The second-order valence-corrected chi connectivity index (χ2v) is 8.69. The van der Waals surface area contributed by atoms with E-state index >= 15 is 0 Å². The standard InChI is InChI=1S/C28H24FNO3/c1-4-18-5-9-20(10-6-18)24-23-25(31)22-14-16(2)13-17(3)26(22)33-27(23)28(32)30(24)15-19-7-11-21(29)12-8-19/h5-14,24H,4,15H2,1-3H3. The van der Waals surface area contributed by atoms with Gasteiger partial charge in [0, 0.05) is 6.54 Å². The fourth-order valence-corrected chi connectivity index (χ4v) is 4.71. The summed E-state index contributed by atoms with van der Waals surface area (Å²) in [6, 6.07) is 17.2. The molecule has 3 aromatic carbocycles. The third kappa shape index (κ3) is 3.54. The van der Waals surface area contributed by atoms with E-state index in [1.54, 1.807) is 17.0 Å². The van der Waals surface area contributed by atoms with Crippen molar-refractivity contribution in [3.63, 3.8) is 0 Å². The summed E-state index contributed by atoms with van der Waals surface area (Å²) in [5.74, 6) is -0.584. The molecule has 1 aliphatic heterocycles. The van der Waals surface area contributed by atoms with Crippen LogP contribution in [0.3, 0.4) is 0 Å². The van der Waals surface area contributed by atoms with Crippen LogP contribution in [0.1, 0.15) is 56.9 Å². The Balaban J connectivity index is 1.73. The number of hydrogen-bond acceptors (Lipinski definition) is 3. The highest BCUT2D eigenvalue weighted by Gasteiger charge is 2.42. The maximum absolute atomic E-state index is 13.7. The molecule has 0 bridgehead atoms. The van der Waals surface area contributed by atoms with Crippen LogP contribution in [-0.2, 0) is 13.0 Å². The normalized spacial score (nSPS) is 15.3. The Morgan fingerprint density at radius 3 is 2.27 bits per heavy atom. The van der Waals surface area contributed by atoms with Crippen molar-refractivity contribution in [2.75, 3.05) is 0 Å². The van der Waals surface area contributed by atoms with E-state index < -0.39 is 6.04 Å². The van der Waals surface area contributed by atoms with Gasteiger partial charge >= 0.3 is 0 Å². The van der Waals surface area contributed by atoms with Crippen molar-refractivity contribution in [2.45, 2.75) is 39.8 Å². The first kappa shape index (κ1) is 21.1. The summed E-state index contributed by atoms with van der Waals surface area (Å²) in [6.07, 6.45) is 0.894. The van der Waals surface area contributed by atoms with Gasteiger partial charge in [-0.2, -0.15) is 0 Å². The van der Waals surface area contributed by atoms with Crippen LogP contribution < -0.4 is 5.43 Å². The van der Waals surface area contributed by atoms with E-state index in [1.165, 1.54) is 17.7 Å². The maximum atomic E-state index is 13.7. The van der Waals surface area contributed by atoms with Crippen LogP contribution in [0.2, 0.25) is 0 Å². The zero-order valence-electron chi connectivity index (χ0n) is 18.8. The monoisotopic (exact) mass is 441 g/mol. The average molecular weight is 442 g/mol. The summed E-state index contributed by atoms with van der Waals surface area (Å²) in [7, 11) is 0. The van der Waals surface area contributed by atoms with E-state index in [0.717, 1.165) is 28.7 Å². The number of carbonyl (C=O) groups is 1. The molecule has 5 rings (SSSR count). The molecule has 33 heavy (non-hydrogen) atoms. The molecule has 0 saturated carbocycles. The third-order valence-electron chi connectivity index (χ3n) is 6.37. The highest BCUT2D eigenvalue weighted by molar-refractivity contribution is 5.99. The van der Waals surface area contributed by atoms with Gasteiger partial charge in [-0.1, -0.05) is 49.4 Å². The van der Waals surface area contributed by atoms with Crippen molar-refractivity contribution in [2.24, 2.45) is 0 Å². The lowest BCUT2D eigenvalue weighted by atomic mass is 9.96. The Morgan fingerprint density at radius 1 is 0.939 bits per heavy atom. The van der Waals surface area contributed by atoms with Crippen LogP contribution in [0.25, 0.3) is 11.0 Å². The number of hydrogen-bond donors (Lipinski definition) is 0. The van der Waals surface area contributed by atoms with Crippen molar-refractivity contribution in [1.29, 1.82) is 0 Å². The molecule has 5 heteroatoms. The molecule has 2 heterocycles. The van der Waals surface area contributed by atoms with Gasteiger partial charge in [-0.25, -0.2) is 4.39 Å². The Hall–Kier alpha value is -3.73. The molecule has 1 atom stereocenters. The molecule has 166 valence electrons. The van der Waals surface area contributed by atoms with Gasteiger partial charge < -0.3 is 9.32 Å². The predicted molar refractivity (Wildman–Crippen MR) is 126 cm³/mol. The van der Waals surface area contributed by atoms with E-state index in [-0.39, 0.29) is 29.5 Å². The van der Waals surface area contributed by atoms with Gasteiger partial charge in [0.25, 0.3) is 5.91 Å². The summed E-state index contributed by atoms with van der Waals surface area (Å²) in [4.78, 5) is 28.9. The minimum atomic E-state index is -0.579. The summed E-state index contributed by atoms with van der Waals surface area (Å²) >= 11 is 0. The first-order chi connectivity index (χ1) is 15.9. The number of halogens is 1. The number of carbonyl (C=O) groups excluding carboxylic acids is 1. The van der Waals surface area contributed by atoms with E-state index in [0.29, 0.717) is 16.5 Å². The third-order valence-corrected chi connectivity index (χ3v) is 6.37. The molecule has 1 aromatic heterocycles. The fraction of sp³-hybridized carbons (Fsp3) is 0.214. The Bertz CT molecular complexity index is 1440. The van der Waals surface area contributed by atoms with Gasteiger partial charge in [0.05, 0.1) is 17.0 Å². The molecular formula is C28H24FNO3. The molecule has 0 spiro atoms. The van der Waals surface area contributed by atoms with Crippen molar-refractivity contribution < 1.29 is 13.6 Å². The number of amides is 1. The van der Waals surface area contributed by atoms with Crippen LogP contribution in [0.15, 0.2) is 69.9 Å². The van der Waals surface area contributed by atoms with Gasteiger partial charge in [-0.15, -0.1) is 0 Å². The maximum Gasteiger partial charge on any atom is 0.291 e. The molecule has 4 aromatic rings. The van der Waals surface area contributed by atoms with Gasteiger partial charge in [0.2, 0.25) is 5.76 Å². The van der Waals surface area contributed by atoms with Gasteiger partial charge in [0.15, 0.2) is 5.43 Å². The minimum Gasteiger partial charge on any atom is -0.450 e. The van der Waals surface area contributed by atoms with E-state index in [2.05, 4.69) is 6.92 Å². The number of rotatable bonds is 4. The van der Waals surface area contributed by atoms with Crippen molar-refractivity contribution in [3.8, 4) is 0 Å². The van der Waals surface area contributed by atoms with Crippen LogP contribution in [0, 0.1) is 19.7 Å². The molecule has 0 radical (unpaired) electrons. The Labute approximate surface area is 191 Å². The predicted octanol–water partition coefficient (Wildman–Crippen LogP) is 5.86. The molecule has 1 aliphatic rings. The van der Waals surface area contributed by atoms with Crippen molar-refractivity contribution >= 4 is 16.9 Å². The number of benzene rings is 3. The quantitative estimate of drug-likeness (QED) is 0.399. The van der Waals surface area contributed by atoms with Crippen LogP contribution >= 0.6 is 0 Å². The highest BCUT2D eigenvalue weighted by atomic mass is 19.1.